The first kappa shape index (κ1) is 19.9. The lowest BCUT2D eigenvalue weighted by atomic mass is 9.99. The van der Waals surface area contributed by atoms with Crippen molar-refractivity contribution < 1.29 is 13.2 Å². The van der Waals surface area contributed by atoms with Gasteiger partial charge in [0, 0.05) is 37.9 Å². The van der Waals surface area contributed by atoms with E-state index >= 15 is 0 Å². The highest BCUT2D eigenvalue weighted by atomic mass is 32.2. The predicted octanol–water partition coefficient (Wildman–Crippen LogP) is 2.60. The number of sulfonamides is 1. The van der Waals surface area contributed by atoms with Crippen LogP contribution in [0, 0.1) is 5.92 Å². The monoisotopic (exact) mass is 391 g/mol. The minimum Gasteiger partial charge on any atom is -0.356 e. The van der Waals surface area contributed by atoms with Crippen LogP contribution in [-0.2, 0) is 21.4 Å². The number of carbonyl (C=O) groups is 1. The van der Waals surface area contributed by atoms with Crippen LogP contribution in [0.5, 0.6) is 0 Å². The number of aromatic nitrogens is 1. The van der Waals surface area contributed by atoms with Crippen molar-refractivity contribution in [3.63, 3.8) is 0 Å². The topological polar surface area (TPSA) is 71.4 Å². The molecule has 27 heavy (non-hydrogen) atoms. The zero-order valence-electron chi connectivity index (χ0n) is 15.9. The summed E-state index contributed by atoms with van der Waals surface area (Å²) in [5.41, 5.74) is 1.20. The standard InChI is InChI=1S/C20H29N3O3S/c1-2-15-27(25,26)23-13-5-8-18(16-23)20(24)21-11-6-12-22-14-10-17-7-3-4-9-19(17)22/h3-4,7,9-10,14,18H,2,5-6,8,11-13,15-16H2,1H3,(H,21,24). The quantitative estimate of drug-likeness (QED) is 0.703. The molecule has 0 radical (unpaired) electrons. The van der Waals surface area contributed by atoms with Gasteiger partial charge in [-0.1, -0.05) is 25.1 Å². The normalized spacial score (nSPS) is 18.6. The molecule has 1 amide bonds. The van der Waals surface area contributed by atoms with E-state index in [2.05, 4.69) is 34.3 Å². The number of hydrogen-bond donors (Lipinski definition) is 1. The van der Waals surface area contributed by atoms with Gasteiger partial charge in [-0.2, -0.15) is 0 Å². The maximum Gasteiger partial charge on any atom is 0.224 e. The molecule has 0 spiro atoms. The Balaban J connectivity index is 1.46. The van der Waals surface area contributed by atoms with Crippen molar-refractivity contribution in [1.82, 2.24) is 14.2 Å². The van der Waals surface area contributed by atoms with E-state index in [0.29, 0.717) is 26.1 Å². The number of para-hydroxylation sites is 1. The molecule has 1 fully saturated rings. The maximum absolute atomic E-state index is 12.5. The molecule has 3 rings (SSSR count). The third-order valence-electron chi connectivity index (χ3n) is 5.17. The molecule has 0 aliphatic carbocycles. The van der Waals surface area contributed by atoms with Gasteiger partial charge in [0.05, 0.1) is 11.7 Å². The number of amides is 1. The van der Waals surface area contributed by atoms with Gasteiger partial charge in [0.1, 0.15) is 0 Å². The van der Waals surface area contributed by atoms with E-state index in [1.807, 2.05) is 19.1 Å². The summed E-state index contributed by atoms with van der Waals surface area (Å²) < 4.78 is 28.2. The van der Waals surface area contributed by atoms with E-state index in [9.17, 15) is 13.2 Å². The van der Waals surface area contributed by atoms with E-state index in [1.165, 1.54) is 15.2 Å². The van der Waals surface area contributed by atoms with Gasteiger partial charge < -0.3 is 9.88 Å². The Hall–Kier alpha value is -1.86. The Morgan fingerprint density at radius 1 is 1.26 bits per heavy atom. The first-order chi connectivity index (χ1) is 13.0. The highest BCUT2D eigenvalue weighted by Gasteiger charge is 2.31. The lowest BCUT2D eigenvalue weighted by Gasteiger charge is -2.31. The minimum absolute atomic E-state index is 0.0243. The van der Waals surface area contributed by atoms with Gasteiger partial charge in [0.2, 0.25) is 15.9 Å². The van der Waals surface area contributed by atoms with Gasteiger partial charge in [-0.3, -0.25) is 4.79 Å². The van der Waals surface area contributed by atoms with Crippen LogP contribution in [0.15, 0.2) is 36.5 Å². The summed E-state index contributed by atoms with van der Waals surface area (Å²) in [4.78, 5) is 12.5. The summed E-state index contributed by atoms with van der Waals surface area (Å²) in [6.45, 7) is 4.15. The molecule has 1 aromatic carbocycles. The van der Waals surface area contributed by atoms with E-state index in [4.69, 9.17) is 0 Å². The Kier molecular flexibility index (Phi) is 6.55. The summed E-state index contributed by atoms with van der Waals surface area (Å²) in [6, 6.07) is 10.3. The highest BCUT2D eigenvalue weighted by molar-refractivity contribution is 7.89. The average molecular weight is 392 g/mol. The summed E-state index contributed by atoms with van der Waals surface area (Å²) >= 11 is 0. The molecule has 1 aromatic heterocycles. The molecule has 2 aromatic rings. The average Bonchev–Trinajstić information content (AvgIpc) is 3.08. The van der Waals surface area contributed by atoms with Crippen molar-refractivity contribution >= 4 is 26.8 Å². The molecule has 0 saturated carbocycles. The van der Waals surface area contributed by atoms with Crippen LogP contribution in [0.4, 0.5) is 0 Å². The van der Waals surface area contributed by atoms with Crippen molar-refractivity contribution in [2.75, 3.05) is 25.4 Å². The van der Waals surface area contributed by atoms with Gasteiger partial charge in [-0.15, -0.1) is 0 Å². The highest BCUT2D eigenvalue weighted by Crippen LogP contribution is 2.20. The first-order valence-electron chi connectivity index (χ1n) is 9.80. The van der Waals surface area contributed by atoms with Crippen molar-refractivity contribution in [2.24, 2.45) is 5.92 Å². The van der Waals surface area contributed by atoms with Gasteiger partial charge in [0.15, 0.2) is 0 Å². The van der Waals surface area contributed by atoms with Crippen molar-refractivity contribution in [1.29, 1.82) is 0 Å². The molecular formula is C20H29N3O3S. The molecule has 6 nitrogen and oxygen atoms in total. The maximum atomic E-state index is 12.5. The number of piperidine rings is 1. The summed E-state index contributed by atoms with van der Waals surface area (Å²) in [5.74, 6) is -0.104. The SMILES string of the molecule is CCCS(=O)(=O)N1CCCC(C(=O)NCCCn2ccc3ccccc32)C1. The molecular weight excluding hydrogens is 362 g/mol. The Morgan fingerprint density at radius 3 is 2.89 bits per heavy atom. The molecule has 0 bridgehead atoms. The van der Waals surface area contributed by atoms with Crippen LogP contribution in [0.3, 0.4) is 0 Å². The van der Waals surface area contributed by atoms with Crippen LogP contribution >= 0.6 is 0 Å². The molecule has 1 saturated heterocycles. The van der Waals surface area contributed by atoms with Crippen LogP contribution in [0.25, 0.3) is 10.9 Å². The van der Waals surface area contributed by atoms with Crippen LogP contribution in [0.2, 0.25) is 0 Å². The second kappa shape index (κ2) is 8.89. The predicted molar refractivity (Wildman–Crippen MR) is 108 cm³/mol. The molecule has 1 unspecified atom stereocenters. The van der Waals surface area contributed by atoms with Gasteiger partial charge in [-0.05, 0) is 43.2 Å². The van der Waals surface area contributed by atoms with Crippen LogP contribution in [-0.4, -0.2) is 48.6 Å². The number of aryl methyl sites for hydroxylation is 1. The number of carbonyl (C=O) groups excluding carboxylic acids is 1. The molecule has 1 aliphatic rings. The number of rotatable bonds is 8. The Morgan fingerprint density at radius 2 is 2.07 bits per heavy atom. The third kappa shape index (κ3) is 4.90. The van der Waals surface area contributed by atoms with E-state index in [0.717, 1.165) is 25.8 Å². The van der Waals surface area contributed by atoms with E-state index in [1.54, 1.807) is 0 Å². The number of nitrogens with zero attached hydrogens (tertiary/aromatic N) is 2. The molecule has 1 atom stereocenters. The third-order valence-corrected chi connectivity index (χ3v) is 7.21. The molecule has 148 valence electrons. The van der Waals surface area contributed by atoms with Crippen LogP contribution in [0.1, 0.15) is 32.6 Å². The summed E-state index contributed by atoms with van der Waals surface area (Å²) in [6.07, 6.45) is 5.02. The summed E-state index contributed by atoms with van der Waals surface area (Å²) in [7, 11) is -3.23. The lowest BCUT2D eigenvalue weighted by molar-refractivity contribution is -0.126. The number of nitrogens with one attached hydrogen (secondary N) is 1. The number of hydrogen-bond acceptors (Lipinski definition) is 3. The van der Waals surface area contributed by atoms with Gasteiger partial charge >= 0.3 is 0 Å². The largest absolute Gasteiger partial charge is 0.356 e. The number of fused-ring (bicyclic) bond motifs is 1. The van der Waals surface area contributed by atoms with Gasteiger partial charge in [-0.25, -0.2) is 12.7 Å². The molecule has 2 heterocycles. The smallest absolute Gasteiger partial charge is 0.224 e. The lowest BCUT2D eigenvalue weighted by Crippen LogP contribution is -2.46. The zero-order valence-corrected chi connectivity index (χ0v) is 16.7. The summed E-state index contributed by atoms with van der Waals surface area (Å²) in [5, 5.41) is 4.21. The van der Waals surface area contributed by atoms with Crippen LogP contribution < -0.4 is 5.32 Å². The van der Waals surface area contributed by atoms with Crippen molar-refractivity contribution in [2.45, 2.75) is 39.2 Å². The minimum atomic E-state index is -3.23. The fourth-order valence-electron chi connectivity index (χ4n) is 3.74. The van der Waals surface area contributed by atoms with E-state index in [-0.39, 0.29) is 17.6 Å². The van der Waals surface area contributed by atoms with Crippen molar-refractivity contribution in [3.8, 4) is 0 Å². The second-order valence-corrected chi connectivity index (χ2v) is 9.31. The van der Waals surface area contributed by atoms with Crippen molar-refractivity contribution in [3.05, 3.63) is 36.5 Å². The van der Waals surface area contributed by atoms with Gasteiger partial charge in [0.25, 0.3) is 0 Å². The molecule has 7 heteroatoms. The Labute approximate surface area is 161 Å². The first-order valence-corrected chi connectivity index (χ1v) is 11.4. The van der Waals surface area contributed by atoms with E-state index < -0.39 is 10.0 Å². The zero-order chi connectivity index (χ0) is 19.3. The fraction of sp³-hybridized carbons (Fsp3) is 0.550. The Bertz CT molecular complexity index is 875. The number of benzene rings is 1. The second-order valence-electron chi connectivity index (χ2n) is 7.23. The molecule has 1 aliphatic heterocycles. The fourth-order valence-corrected chi connectivity index (χ4v) is 5.33. The molecule has 1 N–H and O–H groups in total.